The van der Waals surface area contributed by atoms with Gasteiger partial charge in [-0.15, -0.1) is 0 Å². The molecule has 0 radical (unpaired) electrons. The first-order valence-electron chi connectivity index (χ1n) is 11.9. The fourth-order valence-corrected chi connectivity index (χ4v) is 5.37. The number of rotatable bonds is 14. The summed E-state index contributed by atoms with van der Waals surface area (Å²) in [6, 6.07) is 14.7. The second kappa shape index (κ2) is 13.5. The minimum atomic E-state index is -3.90. The number of sulfonamides is 1. The summed E-state index contributed by atoms with van der Waals surface area (Å²) in [5, 5.41) is -0.969. The van der Waals surface area contributed by atoms with Gasteiger partial charge in [-0.05, 0) is 54.8 Å². The smallest absolute Gasteiger partial charge is 0.220 e. The molecule has 3 aromatic rings. The van der Waals surface area contributed by atoms with Gasteiger partial charge < -0.3 is 18.9 Å². The van der Waals surface area contributed by atoms with Crippen LogP contribution in [0.1, 0.15) is 35.5 Å². The van der Waals surface area contributed by atoms with E-state index in [1.165, 1.54) is 4.31 Å². The van der Waals surface area contributed by atoms with Crippen LogP contribution in [0.2, 0.25) is 0 Å². The van der Waals surface area contributed by atoms with Crippen LogP contribution in [0.25, 0.3) is 0 Å². The first kappa shape index (κ1) is 28.5. The molecule has 0 aliphatic rings. The normalized spacial score (nSPS) is 13.4. The zero-order valence-corrected chi connectivity index (χ0v) is 22.8. The molecule has 9 nitrogen and oxygen atoms in total. The fourth-order valence-electron chi connectivity index (χ4n) is 3.72. The fraction of sp³-hybridized carbons (Fsp3) is 0.407. The van der Waals surface area contributed by atoms with Crippen molar-refractivity contribution in [3.05, 3.63) is 83.4 Å². The van der Waals surface area contributed by atoms with E-state index in [1.807, 2.05) is 55.5 Å². The van der Waals surface area contributed by atoms with E-state index in [0.29, 0.717) is 23.9 Å². The first-order chi connectivity index (χ1) is 17.8. The van der Waals surface area contributed by atoms with Crippen molar-refractivity contribution < 1.29 is 27.4 Å². The summed E-state index contributed by atoms with van der Waals surface area (Å²) in [7, 11) is 0.846. The molecule has 0 saturated heterocycles. The minimum Gasteiger partial charge on any atom is -0.497 e. The lowest BCUT2D eigenvalue weighted by Gasteiger charge is -2.30. The number of hydrogen-bond acceptors (Lipinski definition) is 8. The largest absolute Gasteiger partial charge is 0.497 e. The summed E-state index contributed by atoms with van der Waals surface area (Å²) in [6.07, 6.45) is 2.43. The molecule has 10 heteroatoms. The van der Waals surface area contributed by atoms with Gasteiger partial charge in [-0.2, -0.15) is 4.31 Å². The Kier molecular flexibility index (Phi) is 10.4. The molecule has 0 spiro atoms. The zero-order chi connectivity index (χ0) is 26.8. The van der Waals surface area contributed by atoms with Crippen molar-refractivity contribution in [3.8, 4) is 11.5 Å². The summed E-state index contributed by atoms with van der Waals surface area (Å²) in [4.78, 5) is 8.74. The van der Waals surface area contributed by atoms with Gasteiger partial charge in [0.25, 0.3) is 0 Å². The molecule has 0 bridgehead atoms. The van der Waals surface area contributed by atoms with Crippen molar-refractivity contribution in [3.63, 3.8) is 0 Å². The number of ether oxygens (including phenoxy) is 4. The Morgan fingerprint density at radius 3 is 1.73 bits per heavy atom. The van der Waals surface area contributed by atoms with Gasteiger partial charge in [-0.3, -0.25) is 0 Å². The summed E-state index contributed by atoms with van der Waals surface area (Å²) < 4.78 is 51.3. The molecule has 0 aliphatic heterocycles. The second-order valence-corrected chi connectivity index (χ2v) is 10.9. The van der Waals surface area contributed by atoms with Crippen LogP contribution in [0.15, 0.2) is 60.9 Å². The van der Waals surface area contributed by atoms with E-state index in [1.54, 1.807) is 40.6 Å². The Labute approximate surface area is 219 Å². The van der Waals surface area contributed by atoms with Gasteiger partial charge in [0, 0.05) is 32.6 Å². The van der Waals surface area contributed by atoms with Crippen molar-refractivity contribution in [2.75, 3.05) is 34.5 Å². The predicted octanol–water partition coefficient (Wildman–Crippen LogP) is 3.93. The van der Waals surface area contributed by atoms with E-state index < -0.39 is 21.4 Å². The van der Waals surface area contributed by atoms with Crippen LogP contribution in [0, 0.1) is 6.92 Å². The monoisotopic (exact) mass is 529 g/mol. The molecule has 0 fully saturated rings. The van der Waals surface area contributed by atoms with Crippen LogP contribution >= 0.6 is 0 Å². The highest BCUT2D eigenvalue weighted by molar-refractivity contribution is 7.89. The molecule has 37 heavy (non-hydrogen) atoms. The molecule has 2 atom stereocenters. The molecule has 2 aromatic carbocycles. The Hall–Kier alpha value is -3.05. The maximum Gasteiger partial charge on any atom is 0.220 e. The van der Waals surface area contributed by atoms with Gasteiger partial charge in [0.2, 0.25) is 10.0 Å². The molecule has 200 valence electrons. The second-order valence-electron chi connectivity index (χ2n) is 8.62. The zero-order valence-electron chi connectivity index (χ0n) is 22.0. The van der Waals surface area contributed by atoms with Crippen LogP contribution in [-0.2, 0) is 32.6 Å². The van der Waals surface area contributed by atoms with Crippen LogP contribution in [0.5, 0.6) is 11.5 Å². The van der Waals surface area contributed by atoms with Gasteiger partial charge in [0.05, 0.1) is 27.4 Å². The quantitative estimate of drug-likeness (QED) is 0.290. The maximum absolute atomic E-state index is 14.1. The summed E-state index contributed by atoms with van der Waals surface area (Å²) in [5.74, 6) is 1.71. The van der Waals surface area contributed by atoms with E-state index in [0.717, 1.165) is 16.7 Å². The van der Waals surface area contributed by atoms with Crippen LogP contribution in [0.4, 0.5) is 0 Å². The SMILES string of the molecule is COCCO[C@H](c1ncc(C)cn1)C(C)S(=O)(=O)N(Cc1ccc(OC)cc1)Cc1ccc(OC)cc1. The van der Waals surface area contributed by atoms with Crippen molar-refractivity contribution in [1.29, 1.82) is 0 Å². The molecule has 1 heterocycles. The Morgan fingerprint density at radius 2 is 1.30 bits per heavy atom. The van der Waals surface area contributed by atoms with E-state index in [-0.39, 0.29) is 19.7 Å². The number of hydrogen-bond donors (Lipinski definition) is 0. The van der Waals surface area contributed by atoms with Crippen molar-refractivity contribution in [2.24, 2.45) is 0 Å². The average molecular weight is 530 g/mol. The number of nitrogens with zero attached hydrogens (tertiary/aromatic N) is 3. The lowest BCUT2D eigenvalue weighted by molar-refractivity contribution is 0.0110. The molecule has 0 aliphatic carbocycles. The molecule has 1 unspecified atom stereocenters. The van der Waals surface area contributed by atoms with Gasteiger partial charge >= 0.3 is 0 Å². The van der Waals surface area contributed by atoms with Crippen LogP contribution < -0.4 is 9.47 Å². The van der Waals surface area contributed by atoms with Gasteiger partial charge in [-0.25, -0.2) is 18.4 Å². The van der Waals surface area contributed by atoms with Gasteiger partial charge in [0.15, 0.2) is 5.82 Å². The third-order valence-corrected chi connectivity index (χ3v) is 8.10. The summed E-state index contributed by atoms with van der Waals surface area (Å²) in [6.45, 7) is 4.36. The highest BCUT2D eigenvalue weighted by Gasteiger charge is 2.37. The van der Waals surface area contributed by atoms with Crippen molar-refractivity contribution in [2.45, 2.75) is 38.3 Å². The standard InChI is InChI=1S/C27H35N3O6S/c1-20-16-28-27(29-17-20)26(36-15-14-33-3)21(2)37(31,32)30(18-22-6-10-24(34-4)11-7-22)19-23-8-12-25(35-5)13-9-23/h6-13,16-17,21,26H,14-15,18-19H2,1-5H3/t21?,26-/m0/s1. The Balaban J connectivity index is 1.95. The number of aromatic nitrogens is 2. The number of methoxy groups -OCH3 is 3. The highest BCUT2D eigenvalue weighted by atomic mass is 32.2. The van der Waals surface area contributed by atoms with E-state index in [9.17, 15) is 8.42 Å². The molecule has 3 rings (SSSR count). The Morgan fingerprint density at radius 1 is 0.811 bits per heavy atom. The maximum atomic E-state index is 14.1. The topological polar surface area (TPSA) is 100 Å². The lowest BCUT2D eigenvalue weighted by atomic mass is 10.2. The summed E-state index contributed by atoms with van der Waals surface area (Å²) >= 11 is 0. The first-order valence-corrected chi connectivity index (χ1v) is 13.4. The van der Waals surface area contributed by atoms with Crippen LogP contribution in [0.3, 0.4) is 0 Å². The minimum absolute atomic E-state index is 0.169. The Bertz CT molecular complexity index is 1150. The molecule has 1 aromatic heterocycles. The molecular formula is C27H35N3O6S. The van der Waals surface area contributed by atoms with Crippen molar-refractivity contribution >= 4 is 10.0 Å². The highest BCUT2D eigenvalue weighted by Crippen LogP contribution is 2.28. The number of aryl methyl sites for hydroxylation is 1. The van der Waals surface area contributed by atoms with Gasteiger partial charge in [0.1, 0.15) is 22.9 Å². The third-order valence-electron chi connectivity index (χ3n) is 5.93. The molecule has 0 saturated carbocycles. The third kappa shape index (κ3) is 7.72. The summed E-state index contributed by atoms with van der Waals surface area (Å²) in [5.41, 5.74) is 2.53. The molecule has 0 amide bonds. The van der Waals surface area contributed by atoms with Gasteiger partial charge in [-0.1, -0.05) is 24.3 Å². The van der Waals surface area contributed by atoms with E-state index in [4.69, 9.17) is 18.9 Å². The molecular weight excluding hydrogens is 494 g/mol. The van der Waals surface area contributed by atoms with E-state index in [2.05, 4.69) is 9.97 Å². The molecule has 0 N–H and O–H groups in total. The van der Waals surface area contributed by atoms with Crippen molar-refractivity contribution in [1.82, 2.24) is 14.3 Å². The predicted molar refractivity (Wildman–Crippen MR) is 141 cm³/mol. The van der Waals surface area contributed by atoms with Crippen LogP contribution in [-0.4, -0.2) is 62.5 Å². The lowest BCUT2D eigenvalue weighted by Crippen LogP contribution is -2.40. The average Bonchev–Trinajstić information content (AvgIpc) is 2.92. The number of benzene rings is 2. The van der Waals surface area contributed by atoms with E-state index >= 15 is 0 Å².